The van der Waals surface area contributed by atoms with Crippen molar-refractivity contribution in [2.24, 2.45) is 0 Å². The van der Waals surface area contributed by atoms with Crippen LogP contribution in [0.2, 0.25) is 0 Å². The van der Waals surface area contributed by atoms with Gasteiger partial charge in [-0.05, 0) is 12.8 Å². The second kappa shape index (κ2) is 3.56. The lowest BCUT2D eigenvalue weighted by Gasteiger charge is -2.17. The predicted molar refractivity (Wildman–Crippen MR) is 47.8 cm³/mol. The molecule has 4 heteroatoms. The third kappa shape index (κ3) is 1.68. The van der Waals surface area contributed by atoms with Gasteiger partial charge in [-0.3, -0.25) is 0 Å². The fraction of sp³-hybridized carbons (Fsp3) is 0.750. The molecule has 3 nitrogen and oxygen atoms in total. The van der Waals surface area contributed by atoms with Gasteiger partial charge in [-0.25, -0.2) is 0 Å². The molecule has 1 saturated carbocycles. The van der Waals surface area contributed by atoms with Gasteiger partial charge in [0.2, 0.25) is 5.89 Å². The van der Waals surface area contributed by atoms with Crippen molar-refractivity contribution in [1.29, 1.82) is 0 Å². The monoisotopic (exact) mass is 230 g/mol. The summed E-state index contributed by atoms with van der Waals surface area (Å²) >= 11 is 3.16. The first-order chi connectivity index (χ1) is 5.86. The van der Waals surface area contributed by atoms with Crippen molar-refractivity contribution in [1.82, 2.24) is 10.2 Å². The highest BCUT2D eigenvalue weighted by Crippen LogP contribution is 2.32. The van der Waals surface area contributed by atoms with Crippen LogP contribution in [0.1, 0.15) is 43.9 Å². The van der Waals surface area contributed by atoms with E-state index in [0.717, 1.165) is 5.89 Å². The SMILES string of the molecule is Brc1nnc(C2CCCCC2)o1. The molecule has 0 bridgehead atoms. The Balaban J connectivity index is 2.08. The molecule has 0 aromatic carbocycles. The maximum Gasteiger partial charge on any atom is 0.284 e. The smallest absolute Gasteiger partial charge is 0.284 e. The van der Waals surface area contributed by atoms with E-state index < -0.39 is 0 Å². The van der Waals surface area contributed by atoms with E-state index in [1.165, 1.54) is 32.1 Å². The summed E-state index contributed by atoms with van der Waals surface area (Å²) in [5, 5.41) is 7.77. The van der Waals surface area contributed by atoms with Gasteiger partial charge < -0.3 is 4.42 Å². The fourth-order valence-corrected chi connectivity index (χ4v) is 1.98. The minimum atomic E-state index is 0.503. The van der Waals surface area contributed by atoms with Gasteiger partial charge in [0, 0.05) is 21.8 Å². The van der Waals surface area contributed by atoms with Gasteiger partial charge in [-0.1, -0.05) is 19.3 Å². The van der Waals surface area contributed by atoms with Gasteiger partial charge >= 0.3 is 0 Å². The summed E-state index contributed by atoms with van der Waals surface area (Å²) < 4.78 is 5.32. The molecule has 12 heavy (non-hydrogen) atoms. The second-order valence-electron chi connectivity index (χ2n) is 3.23. The van der Waals surface area contributed by atoms with Crippen LogP contribution in [0, 0.1) is 0 Å². The Labute approximate surface area is 79.7 Å². The number of aromatic nitrogens is 2. The van der Waals surface area contributed by atoms with E-state index >= 15 is 0 Å². The first-order valence-corrected chi connectivity index (χ1v) is 5.14. The summed E-state index contributed by atoms with van der Waals surface area (Å²) in [6.07, 6.45) is 6.35. The second-order valence-corrected chi connectivity index (χ2v) is 3.91. The zero-order valence-corrected chi connectivity index (χ0v) is 8.38. The Hall–Kier alpha value is -0.380. The summed E-state index contributed by atoms with van der Waals surface area (Å²) in [6.45, 7) is 0. The zero-order chi connectivity index (χ0) is 8.39. The van der Waals surface area contributed by atoms with E-state index in [1.54, 1.807) is 0 Å². The Morgan fingerprint density at radius 1 is 1.17 bits per heavy atom. The lowest BCUT2D eigenvalue weighted by atomic mass is 9.89. The van der Waals surface area contributed by atoms with E-state index in [4.69, 9.17) is 4.42 Å². The normalized spacial score (nSPS) is 19.8. The highest BCUT2D eigenvalue weighted by Gasteiger charge is 2.20. The van der Waals surface area contributed by atoms with Crippen molar-refractivity contribution in [2.75, 3.05) is 0 Å². The summed E-state index contributed by atoms with van der Waals surface area (Å²) in [6, 6.07) is 0. The van der Waals surface area contributed by atoms with Gasteiger partial charge in [-0.15, -0.1) is 10.2 Å². The molecule has 66 valence electrons. The van der Waals surface area contributed by atoms with E-state index in [2.05, 4.69) is 26.1 Å². The van der Waals surface area contributed by atoms with E-state index in [0.29, 0.717) is 10.7 Å². The molecule has 0 amide bonds. The standard InChI is InChI=1S/C8H11BrN2O/c9-8-11-10-7(12-8)6-4-2-1-3-5-6/h6H,1-5H2. The van der Waals surface area contributed by atoms with Crippen molar-refractivity contribution in [3.05, 3.63) is 10.7 Å². The molecule has 2 rings (SSSR count). The van der Waals surface area contributed by atoms with Gasteiger partial charge in [0.25, 0.3) is 4.80 Å². The number of hydrogen-bond donors (Lipinski definition) is 0. The third-order valence-corrected chi connectivity index (χ3v) is 2.69. The molecular weight excluding hydrogens is 220 g/mol. The third-order valence-electron chi connectivity index (χ3n) is 2.37. The molecule has 0 radical (unpaired) electrons. The van der Waals surface area contributed by atoms with Crippen LogP contribution in [0.4, 0.5) is 0 Å². The van der Waals surface area contributed by atoms with Crippen LogP contribution < -0.4 is 0 Å². The molecule has 0 spiro atoms. The fourth-order valence-electron chi connectivity index (χ4n) is 1.73. The van der Waals surface area contributed by atoms with Crippen molar-refractivity contribution < 1.29 is 4.42 Å². The number of hydrogen-bond acceptors (Lipinski definition) is 3. The Kier molecular flexibility index (Phi) is 2.44. The molecule has 0 saturated heterocycles. The molecule has 0 atom stereocenters. The molecule has 0 aliphatic heterocycles. The van der Waals surface area contributed by atoms with E-state index in [1.807, 2.05) is 0 Å². The molecular formula is C8H11BrN2O. The Morgan fingerprint density at radius 2 is 1.92 bits per heavy atom. The average molecular weight is 231 g/mol. The minimum absolute atomic E-state index is 0.503. The molecule has 0 unspecified atom stereocenters. The summed E-state index contributed by atoms with van der Waals surface area (Å²) in [5.74, 6) is 1.32. The molecule has 1 aliphatic rings. The van der Waals surface area contributed by atoms with Crippen molar-refractivity contribution in [3.63, 3.8) is 0 Å². The first-order valence-electron chi connectivity index (χ1n) is 4.35. The van der Waals surface area contributed by atoms with Crippen molar-refractivity contribution in [2.45, 2.75) is 38.0 Å². The Morgan fingerprint density at radius 3 is 2.50 bits per heavy atom. The number of rotatable bonds is 1. The maximum absolute atomic E-state index is 5.32. The highest BCUT2D eigenvalue weighted by atomic mass is 79.9. The largest absolute Gasteiger partial charge is 0.415 e. The van der Waals surface area contributed by atoms with Crippen LogP contribution in [0.15, 0.2) is 9.22 Å². The lowest BCUT2D eigenvalue weighted by molar-refractivity contribution is 0.357. The quantitative estimate of drug-likeness (QED) is 0.745. The average Bonchev–Trinajstić information content (AvgIpc) is 2.54. The van der Waals surface area contributed by atoms with Crippen LogP contribution >= 0.6 is 15.9 Å². The summed E-state index contributed by atoms with van der Waals surface area (Å²) in [7, 11) is 0. The van der Waals surface area contributed by atoms with Crippen molar-refractivity contribution >= 4 is 15.9 Å². The van der Waals surface area contributed by atoms with E-state index in [-0.39, 0.29) is 0 Å². The van der Waals surface area contributed by atoms with Crippen LogP contribution in [0.3, 0.4) is 0 Å². The van der Waals surface area contributed by atoms with Crippen molar-refractivity contribution in [3.8, 4) is 0 Å². The molecule has 1 fully saturated rings. The zero-order valence-electron chi connectivity index (χ0n) is 6.79. The molecule has 0 N–H and O–H groups in total. The van der Waals surface area contributed by atoms with Gasteiger partial charge in [0.15, 0.2) is 0 Å². The molecule has 1 aromatic rings. The maximum atomic E-state index is 5.32. The number of halogens is 1. The topological polar surface area (TPSA) is 38.9 Å². The van der Waals surface area contributed by atoms with Gasteiger partial charge in [0.05, 0.1) is 0 Å². The van der Waals surface area contributed by atoms with Crippen LogP contribution in [0.25, 0.3) is 0 Å². The predicted octanol–water partition coefficient (Wildman–Crippen LogP) is 2.88. The first kappa shape index (κ1) is 8.23. The van der Waals surface area contributed by atoms with Crippen LogP contribution in [-0.4, -0.2) is 10.2 Å². The molecule has 1 heterocycles. The molecule has 1 aromatic heterocycles. The lowest BCUT2D eigenvalue weighted by Crippen LogP contribution is -2.04. The van der Waals surface area contributed by atoms with Crippen LogP contribution in [-0.2, 0) is 0 Å². The summed E-state index contributed by atoms with van der Waals surface area (Å²) in [5.41, 5.74) is 0. The van der Waals surface area contributed by atoms with E-state index in [9.17, 15) is 0 Å². The summed E-state index contributed by atoms with van der Waals surface area (Å²) in [4.78, 5) is 0.503. The Bertz CT molecular complexity index is 255. The van der Waals surface area contributed by atoms with Gasteiger partial charge in [-0.2, -0.15) is 0 Å². The van der Waals surface area contributed by atoms with Gasteiger partial charge in [0.1, 0.15) is 0 Å². The molecule has 1 aliphatic carbocycles. The minimum Gasteiger partial charge on any atom is -0.415 e. The number of nitrogens with zero attached hydrogens (tertiary/aromatic N) is 2. The highest BCUT2D eigenvalue weighted by molar-refractivity contribution is 9.10. The van der Waals surface area contributed by atoms with Crippen LogP contribution in [0.5, 0.6) is 0 Å².